The molecule has 2 heterocycles. The van der Waals surface area contributed by atoms with Gasteiger partial charge in [0.1, 0.15) is 11.5 Å². The number of hydrogen-bond acceptors (Lipinski definition) is 5. The number of carbonyl (C=O) groups excluding carboxylic acids is 1. The normalized spacial score (nSPS) is 16.9. The van der Waals surface area contributed by atoms with Crippen LogP contribution >= 0.6 is 11.3 Å². The number of benzene rings is 1. The molecule has 3 rings (SSSR count). The molecule has 7 heteroatoms. The first-order valence-corrected chi connectivity index (χ1v) is 8.80. The van der Waals surface area contributed by atoms with Crippen LogP contribution in [0.25, 0.3) is 0 Å². The van der Waals surface area contributed by atoms with Crippen molar-refractivity contribution >= 4 is 17.4 Å². The van der Waals surface area contributed by atoms with Crippen LogP contribution in [0, 0.1) is 0 Å². The van der Waals surface area contributed by atoms with Gasteiger partial charge in [0.05, 0.1) is 38.0 Å². The molecule has 1 unspecified atom stereocenters. The van der Waals surface area contributed by atoms with Crippen molar-refractivity contribution in [2.45, 2.75) is 25.4 Å². The number of thiazole rings is 1. The van der Waals surface area contributed by atoms with Crippen LogP contribution in [0.15, 0.2) is 29.1 Å². The van der Waals surface area contributed by atoms with Crippen molar-refractivity contribution in [1.82, 2.24) is 15.2 Å². The van der Waals surface area contributed by atoms with E-state index in [1.807, 2.05) is 28.5 Å². The van der Waals surface area contributed by atoms with Crippen molar-refractivity contribution in [3.63, 3.8) is 0 Å². The molecule has 0 radical (unpaired) electrons. The molecule has 0 saturated carbocycles. The topological polar surface area (TPSA) is 63.7 Å². The molecular formula is C17H21N3O3S. The quantitative estimate of drug-likeness (QED) is 0.902. The zero-order valence-electron chi connectivity index (χ0n) is 13.8. The zero-order chi connectivity index (χ0) is 16.9. The Hall–Kier alpha value is -2.28. The van der Waals surface area contributed by atoms with Gasteiger partial charge >= 0.3 is 6.03 Å². The van der Waals surface area contributed by atoms with Gasteiger partial charge in [-0.3, -0.25) is 0 Å². The summed E-state index contributed by atoms with van der Waals surface area (Å²) in [6, 6.07) is 5.69. The summed E-state index contributed by atoms with van der Waals surface area (Å²) >= 11 is 1.52. The number of nitrogens with zero attached hydrogens (tertiary/aromatic N) is 2. The lowest BCUT2D eigenvalue weighted by molar-refractivity contribution is 0.191. The molecule has 1 aliphatic heterocycles. The average molecular weight is 347 g/mol. The number of carbonyl (C=O) groups is 1. The standard InChI is InChI=1S/C17H21N3O3S/c1-22-13-5-6-14(16(8-13)23-2)15-4-3-7-20(15)17(21)18-9-12-10-24-11-19-12/h5-6,8,10-11,15H,3-4,7,9H2,1-2H3,(H,18,21). The predicted octanol–water partition coefficient (Wildman–Crippen LogP) is 3.21. The number of urea groups is 1. The summed E-state index contributed by atoms with van der Waals surface area (Å²) in [6.07, 6.45) is 1.90. The van der Waals surface area contributed by atoms with Crippen molar-refractivity contribution in [3.8, 4) is 11.5 Å². The fraction of sp³-hybridized carbons (Fsp3) is 0.412. The summed E-state index contributed by atoms with van der Waals surface area (Å²) in [4.78, 5) is 18.6. The SMILES string of the molecule is COc1ccc(C2CCCN2C(=O)NCc2cscn2)c(OC)c1. The number of hydrogen-bond donors (Lipinski definition) is 1. The van der Waals surface area contributed by atoms with Crippen molar-refractivity contribution in [1.29, 1.82) is 0 Å². The minimum absolute atomic E-state index is 0.0151. The second kappa shape index (κ2) is 7.53. The molecule has 1 aromatic carbocycles. The van der Waals surface area contributed by atoms with Gasteiger partial charge in [-0.05, 0) is 25.0 Å². The number of likely N-dealkylation sites (tertiary alicyclic amines) is 1. The largest absolute Gasteiger partial charge is 0.497 e. The van der Waals surface area contributed by atoms with Crippen LogP contribution in [0.2, 0.25) is 0 Å². The van der Waals surface area contributed by atoms with E-state index in [0.29, 0.717) is 6.54 Å². The third-order valence-corrected chi connectivity index (χ3v) is 4.85. The lowest BCUT2D eigenvalue weighted by Gasteiger charge is -2.26. The summed E-state index contributed by atoms with van der Waals surface area (Å²) in [5, 5.41) is 4.89. The first-order valence-electron chi connectivity index (χ1n) is 7.86. The first-order chi connectivity index (χ1) is 11.7. The van der Waals surface area contributed by atoms with Gasteiger partial charge in [-0.2, -0.15) is 0 Å². The van der Waals surface area contributed by atoms with Crippen LogP contribution in [0.1, 0.15) is 30.1 Å². The number of rotatable bonds is 5. The fourth-order valence-corrected chi connectivity index (χ4v) is 3.58. The highest BCUT2D eigenvalue weighted by Crippen LogP contribution is 2.38. The van der Waals surface area contributed by atoms with Crippen LogP contribution in [-0.2, 0) is 6.54 Å². The Kier molecular flexibility index (Phi) is 5.20. The molecular weight excluding hydrogens is 326 g/mol. The van der Waals surface area contributed by atoms with Crippen molar-refractivity contribution in [2.24, 2.45) is 0 Å². The smallest absolute Gasteiger partial charge is 0.318 e. The lowest BCUT2D eigenvalue weighted by atomic mass is 10.0. The van der Waals surface area contributed by atoms with Crippen molar-refractivity contribution < 1.29 is 14.3 Å². The molecule has 1 aliphatic rings. The third-order valence-electron chi connectivity index (χ3n) is 4.22. The molecule has 0 aliphatic carbocycles. The maximum absolute atomic E-state index is 12.6. The van der Waals surface area contributed by atoms with Gasteiger partial charge in [0.2, 0.25) is 0 Å². The van der Waals surface area contributed by atoms with E-state index >= 15 is 0 Å². The van der Waals surface area contributed by atoms with E-state index in [1.54, 1.807) is 19.7 Å². The Morgan fingerprint density at radius 2 is 2.29 bits per heavy atom. The van der Waals surface area contributed by atoms with E-state index in [0.717, 1.165) is 42.1 Å². The van der Waals surface area contributed by atoms with Gasteiger partial charge in [0.25, 0.3) is 0 Å². The lowest BCUT2D eigenvalue weighted by Crippen LogP contribution is -2.39. The van der Waals surface area contributed by atoms with Crippen molar-refractivity contribution in [3.05, 3.63) is 40.3 Å². The molecule has 24 heavy (non-hydrogen) atoms. The summed E-state index contributed by atoms with van der Waals surface area (Å²) in [7, 11) is 3.27. The Balaban J connectivity index is 1.74. The second-order valence-electron chi connectivity index (χ2n) is 5.60. The Labute approximate surface area is 145 Å². The van der Waals surface area contributed by atoms with Crippen LogP contribution < -0.4 is 14.8 Å². The van der Waals surface area contributed by atoms with Crippen LogP contribution in [-0.4, -0.2) is 36.7 Å². The molecule has 1 N–H and O–H groups in total. The molecule has 2 aromatic rings. The Morgan fingerprint density at radius 1 is 1.42 bits per heavy atom. The maximum atomic E-state index is 12.6. The first kappa shape index (κ1) is 16.6. The van der Waals surface area contributed by atoms with E-state index in [4.69, 9.17) is 9.47 Å². The molecule has 1 fully saturated rings. The molecule has 0 bridgehead atoms. The van der Waals surface area contributed by atoms with E-state index < -0.39 is 0 Å². The predicted molar refractivity (Wildman–Crippen MR) is 92.6 cm³/mol. The van der Waals surface area contributed by atoms with Gasteiger partial charge in [0.15, 0.2) is 0 Å². The van der Waals surface area contributed by atoms with Gasteiger partial charge in [0, 0.05) is 23.6 Å². The maximum Gasteiger partial charge on any atom is 0.318 e. The second-order valence-corrected chi connectivity index (χ2v) is 6.32. The van der Waals surface area contributed by atoms with E-state index in [2.05, 4.69) is 10.3 Å². The summed E-state index contributed by atoms with van der Waals surface area (Å²) in [5.74, 6) is 1.49. The Morgan fingerprint density at radius 3 is 3.00 bits per heavy atom. The number of methoxy groups -OCH3 is 2. The van der Waals surface area contributed by atoms with Crippen LogP contribution in [0.5, 0.6) is 11.5 Å². The number of amides is 2. The minimum Gasteiger partial charge on any atom is -0.497 e. The number of ether oxygens (including phenoxy) is 2. The summed E-state index contributed by atoms with van der Waals surface area (Å²) in [5.41, 5.74) is 3.66. The Bertz CT molecular complexity index is 690. The molecule has 1 atom stereocenters. The monoisotopic (exact) mass is 347 g/mol. The zero-order valence-corrected chi connectivity index (χ0v) is 14.6. The third kappa shape index (κ3) is 3.46. The van der Waals surface area contributed by atoms with Crippen LogP contribution in [0.4, 0.5) is 4.79 Å². The van der Waals surface area contributed by atoms with Gasteiger partial charge < -0.3 is 19.7 Å². The molecule has 0 spiro atoms. The highest BCUT2D eigenvalue weighted by atomic mass is 32.1. The summed E-state index contributed by atoms with van der Waals surface area (Å²) in [6.45, 7) is 1.19. The van der Waals surface area contributed by atoms with Crippen molar-refractivity contribution in [2.75, 3.05) is 20.8 Å². The minimum atomic E-state index is -0.0663. The molecule has 128 valence electrons. The van der Waals surface area contributed by atoms with E-state index in [9.17, 15) is 4.79 Å². The van der Waals surface area contributed by atoms with E-state index in [-0.39, 0.29) is 12.1 Å². The van der Waals surface area contributed by atoms with Crippen LogP contribution in [0.3, 0.4) is 0 Å². The molecule has 2 amide bonds. The van der Waals surface area contributed by atoms with Gasteiger partial charge in [-0.1, -0.05) is 0 Å². The number of aromatic nitrogens is 1. The molecule has 6 nitrogen and oxygen atoms in total. The summed E-state index contributed by atoms with van der Waals surface area (Å²) < 4.78 is 10.7. The number of nitrogens with one attached hydrogen (secondary N) is 1. The molecule has 1 saturated heterocycles. The highest BCUT2D eigenvalue weighted by Gasteiger charge is 2.32. The highest BCUT2D eigenvalue weighted by molar-refractivity contribution is 7.07. The van der Waals surface area contributed by atoms with Gasteiger partial charge in [-0.15, -0.1) is 11.3 Å². The fourth-order valence-electron chi connectivity index (χ4n) is 3.02. The average Bonchev–Trinajstić information content (AvgIpc) is 3.30. The van der Waals surface area contributed by atoms with Gasteiger partial charge in [-0.25, -0.2) is 9.78 Å². The molecule has 1 aromatic heterocycles. The van der Waals surface area contributed by atoms with E-state index in [1.165, 1.54) is 11.3 Å².